The van der Waals surface area contributed by atoms with Crippen LogP contribution in [0.1, 0.15) is 10.4 Å². The number of carbonyl (C=O) groups is 1. The predicted molar refractivity (Wildman–Crippen MR) is 112 cm³/mol. The van der Waals surface area contributed by atoms with E-state index in [2.05, 4.69) is 20.8 Å². The minimum Gasteiger partial charge on any atom is -0.339 e. The summed E-state index contributed by atoms with van der Waals surface area (Å²) < 4.78 is 26.0. The first-order valence-corrected chi connectivity index (χ1v) is 9.10. The number of benzene rings is 3. The van der Waals surface area contributed by atoms with Crippen molar-refractivity contribution in [2.45, 2.75) is 0 Å². The van der Waals surface area contributed by atoms with E-state index >= 15 is 0 Å². The van der Waals surface area contributed by atoms with E-state index < -0.39 is 0 Å². The van der Waals surface area contributed by atoms with Crippen molar-refractivity contribution in [3.8, 4) is 11.3 Å². The van der Waals surface area contributed by atoms with Crippen molar-refractivity contribution in [3.63, 3.8) is 0 Å². The number of halogens is 2. The molecule has 0 atom stereocenters. The van der Waals surface area contributed by atoms with Gasteiger partial charge in [-0.05, 0) is 78.9 Å². The molecule has 0 aliphatic heterocycles. The molecule has 3 aromatic carbocycles. The van der Waals surface area contributed by atoms with Crippen LogP contribution in [0.15, 0.2) is 84.9 Å². The van der Waals surface area contributed by atoms with Gasteiger partial charge in [-0.1, -0.05) is 6.07 Å². The predicted octanol–water partition coefficient (Wildman–Crippen LogP) is 5.42. The quantitative estimate of drug-likeness (QED) is 0.468. The largest absolute Gasteiger partial charge is 0.339 e. The van der Waals surface area contributed by atoms with Crippen molar-refractivity contribution >= 4 is 23.1 Å². The number of nitrogens with zero attached hydrogens (tertiary/aromatic N) is 2. The molecule has 0 fully saturated rings. The van der Waals surface area contributed by atoms with Gasteiger partial charge in [0.1, 0.15) is 11.6 Å². The van der Waals surface area contributed by atoms with Gasteiger partial charge in [-0.3, -0.25) is 4.79 Å². The average molecular weight is 402 g/mol. The van der Waals surface area contributed by atoms with Crippen molar-refractivity contribution in [1.82, 2.24) is 10.2 Å². The summed E-state index contributed by atoms with van der Waals surface area (Å²) in [6, 6.07) is 22.0. The molecule has 1 amide bonds. The van der Waals surface area contributed by atoms with E-state index in [1.165, 1.54) is 36.4 Å². The smallest absolute Gasteiger partial charge is 0.255 e. The lowest BCUT2D eigenvalue weighted by molar-refractivity contribution is 0.102. The molecule has 0 unspecified atom stereocenters. The Morgan fingerprint density at radius 3 is 2.10 bits per heavy atom. The van der Waals surface area contributed by atoms with Crippen molar-refractivity contribution < 1.29 is 13.6 Å². The molecule has 0 saturated carbocycles. The zero-order valence-corrected chi connectivity index (χ0v) is 15.6. The van der Waals surface area contributed by atoms with Gasteiger partial charge in [-0.15, -0.1) is 10.2 Å². The van der Waals surface area contributed by atoms with Crippen LogP contribution in [0.5, 0.6) is 0 Å². The van der Waals surface area contributed by atoms with Crippen LogP contribution in [0.25, 0.3) is 11.3 Å². The second kappa shape index (κ2) is 8.48. The summed E-state index contributed by atoms with van der Waals surface area (Å²) in [7, 11) is 0. The Bertz CT molecular complexity index is 1160. The van der Waals surface area contributed by atoms with Crippen molar-refractivity contribution in [1.29, 1.82) is 0 Å². The third-order valence-electron chi connectivity index (χ3n) is 4.30. The van der Waals surface area contributed by atoms with Gasteiger partial charge in [-0.25, -0.2) is 8.78 Å². The van der Waals surface area contributed by atoms with Crippen molar-refractivity contribution in [2.24, 2.45) is 0 Å². The number of hydrogen-bond acceptors (Lipinski definition) is 4. The van der Waals surface area contributed by atoms with Crippen LogP contribution in [0.2, 0.25) is 0 Å². The lowest BCUT2D eigenvalue weighted by atomic mass is 10.1. The van der Waals surface area contributed by atoms with Gasteiger partial charge in [0, 0.05) is 22.5 Å². The Labute approximate surface area is 171 Å². The SMILES string of the molecule is O=C(Nc1ccc(F)cc1)c1cccc(Nc2ccc(-c3ccc(F)cc3)nn2)c1. The van der Waals surface area contributed by atoms with E-state index in [1.807, 2.05) is 0 Å². The second-order valence-corrected chi connectivity index (χ2v) is 6.48. The zero-order valence-electron chi connectivity index (χ0n) is 15.6. The highest BCUT2D eigenvalue weighted by Crippen LogP contribution is 2.20. The molecule has 0 aliphatic carbocycles. The van der Waals surface area contributed by atoms with Gasteiger partial charge in [0.15, 0.2) is 5.82 Å². The number of nitrogens with one attached hydrogen (secondary N) is 2. The minimum absolute atomic E-state index is 0.312. The first kappa shape index (κ1) is 19.2. The van der Waals surface area contributed by atoms with Crippen molar-refractivity contribution in [3.05, 3.63) is 102 Å². The van der Waals surface area contributed by atoms with E-state index in [0.717, 1.165) is 5.56 Å². The normalized spacial score (nSPS) is 10.5. The molecule has 0 bridgehead atoms. The maximum absolute atomic E-state index is 13.0. The maximum atomic E-state index is 13.0. The molecule has 0 saturated heterocycles. The Morgan fingerprint density at radius 2 is 1.43 bits per heavy atom. The van der Waals surface area contributed by atoms with E-state index in [0.29, 0.717) is 28.5 Å². The standard InChI is InChI=1S/C23H16F2N4O/c24-17-6-4-15(5-7-17)21-12-13-22(29-28-21)26-20-3-1-2-16(14-20)23(30)27-19-10-8-18(25)9-11-19/h1-14H,(H,26,29)(H,27,30). The number of hydrogen-bond donors (Lipinski definition) is 2. The second-order valence-electron chi connectivity index (χ2n) is 6.48. The molecule has 30 heavy (non-hydrogen) atoms. The summed E-state index contributed by atoms with van der Waals surface area (Å²) in [4.78, 5) is 12.4. The van der Waals surface area contributed by atoms with Crippen LogP contribution >= 0.6 is 0 Å². The Balaban J connectivity index is 1.45. The maximum Gasteiger partial charge on any atom is 0.255 e. The highest BCUT2D eigenvalue weighted by atomic mass is 19.1. The molecule has 5 nitrogen and oxygen atoms in total. The van der Waals surface area contributed by atoms with E-state index in [-0.39, 0.29) is 17.5 Å². The molecular formula is C23H16F2N4O. The molecule has 2 N–H and O–H groups in total. The highest BCUT2D eigenvalue weighted by molar-refractivity contribution is 6.04. The van der Waals surface area contributed by atoms with Crippen LogP contribution in [0.3, 0.4) is 0 Å². The van der Waals surface area contributed by atoms with Gasteiger partial charge in [-0.2, -0.15) is 0 Å². The summed E-state index contributed by atoms with van der Waals surface area (Å²) in [5, 5.41) is 14.1. The Hall–Kier alpha value is -4.13. The summed E-state index contributed by atoms with van der Waals surface area (Å²) >= 11 is 0. The number of anilines is 3. The van der Waals surface area contributed by atoms with Gasteiger partial charge >= 0.3 is 0 Å². The summed E-state index contributed by atoms with van der Waals surface area (Å²) in [5.74, 6) is -0.501. The molecule has 148 valence electrons. The number of rotatable bonds is 5. The molecule has 1 aromatic heterocycles. The number of aromatic nitrogens is 2. The molecule has 1 heterocycles. The molecular weight excluding hydrogens is 386 g/mol. The van der Waals surface area contributed by atoms with Gasteiger partial charge < -0.3 is 10.6 Å². The van der Waals surface area contributed by atoms with E-state index in [4.69, 9.17) is 0 Å². The first-order valence-electron chi connectivity index (χ1n) is 9.10. The van der Waals surface area contributed by atoms with Gasteiger partial charge in [0.2, 0.25) is 0 Å². The summed E-state index contributed by atoms with van der Waals surface area (Å²) in [5.41, 5.74) is 2.97. The fourth-order valence-corrected chi connectivity index (χ4v) is 2.80. The van der Waals surface area contributed by atoms with Gasteiger partial charge in [0.05, 0.1) is 5.69 Å². The Morgan fingerprint density at radius 1 is 0.733 bits per heavy atom. The molecule has 0 aliphatic rings. The molecule has 7 heteroatoms. The first-order chi connectivity index (χ1) is 14.6. The molecule has 0 spiro atoms. The molecule has 0 radical (unpaired) electrons. The van der Waals surface area contributed by atoms with E-state index in [9.17, 15) is 13.6 Å². The highest BCUT2D eigenvalue weighted by Gasteiger charge is 2.08. The molecule has 4 aromatic rings. The topological polar surface area (TPSA) is 66.9 Å². The van der Waals surface area contributed by atoms with Crippen molar-refractivity contribution in [2.75, 3.05) is 10.6 Å². The zero-order chi connectivity index (χ0) is 20.9. The lowest BCUT2D eigenvalue weighted by Crippen LogP contribution is -2.12. The minimum atomic E-state index is -0.370. The van der Waals surface area contributed by atoms with Crippen LogP contribution < -0.4 is 10.6 Å². The lowest BCUT2D eigenvalue weighted by Gasteiger charge is -2.09. The van der Waals surface area contributed by atoms with Crippen LogP contribution in [0, 0.1) is 11.6 Å². The number of carbonyl (C=O) groups excluding carboxylic acids is 1. The number of amides is 1. The van der Waals surface area contributed by atoms with Crippen LogP contribution in [0.4, 0.5) is 26.0 Å². The Kier molecular flexibility index (Phi) is 5.43. The molecule has 4 rings (SSSR count). The van der Waals surface area contributed by atoms with Crippen LogP contribution in [-0.4, -0.2) is 16.1 Å². The average Bonchev–Trinajstić information content (AvgIpc) is 2.77. The summed E-state index contributed by atoms with van der Waals surface area (Å²) in [6.45, 7) is 0. The fourth-order valence-electron chi connectivity index (χ4n) is 2.80. The van der Waals surface area contributed by atoms with E-state index in [1.54, 1.807) is 48.5 Å². The monoisotopic (exact) mass is 402 g/mol. The van der Waals surface area contributed by atoms with Crippen LogP contribution in [-0.2, 0) is 0 Å². The fraction of sp³-hybridized carbons (Fsp3) is 0. The van der Waals surface area contributed by atoms with Gasteiger partial charge in [0.25, 0.3) is 5.91 Å². The summed E-state index contributed by atoms with van der Waals surface area (Å²) in [6.07, 6.45) is 0. The third kappa shape index (κ3) is 4.64. The third-order valence-corrected chi connectivity index (χ3v) is 4.30.